The summed E-state index contributed by atoms with van der Waals surface area (Å²) >= 11 is 0. The number of nitrogens with zero attached hydrogens (tertiary/aromatic N) is 1. The maximum absolute atomic E-state index is 12.8. The van der Waals surface area contributed by atoms with E-state index in [9.17, 15) is 14.9 Å². The highest BCUT2D eigenvalue weighted by Crippen LogP contribution is 2.32. The van der Waals surface area contributed by atoms with E-state index < -0.39 is 12.1 Å². The van der Waals surface area contributed by atoms with Crippen molar-refractivity contribution in [1.82, 2.24) is 10.9 Å². The standard InChI is InChI=1S/C19H26N4O5/c24-19(18-16-10-13(23(25)26)6-7-17(16)21-22-18)20-12-3-1-4-14(9-12)28-11-15-5-2-8-27-15/h1,3-4,9,13,15-18,21-22H,2,5-8,10-11H2,(H,20,24). The minimum atomic E-state index is -0.576. The normalized spacial score (nSPS) is 31.9. The Morgan fingerprint density at radius 2 is 2.21 bits per heavy atom. The van der Waals surface area contributed by atoms with Crippen LogP contribution in [0, 0.1) is 16.0 Å². The van der Waals surface area contributed by atoms with Gasteiger partial charge in [0.2, 0.25) is 11.9 Å². The van der Waals surface area contributed by atoms with Gasteiger partial charge in [-0.3, -0.25) is 20.3 Å². The molecule has 3 fully saturated rings. The van der Waals surface area contributed by atoms with E-state index in [0.717, 1.165) is 19.4 Å². The Morgan fingerprint density at radius 3 is 3.00 bits per heavy atom. The molecule has 2 heterocycles. The quantitative estimate of drug-likeness (QED) is 0.498. The van der Waals surface area contributed by atoms with Gasteiger partial charge in [0.15, 0.2) is 0 Å². The lowest BCUT2D eigenvalue weighted by Crippen LogP contribution is -2.44. The maximum atomic E-state index is 12.8. The van der Waals surface area contributed by atoms with Crippen LogP contribution in [0.4, 0.5) is 5.69 Å². The molecule has 3 N–H and O–H groups in total. The van der Waals surface area contributed by atoms with Crippen molar-refractivity contribution in [3.8, 4) is 5.75 Å². The molecule has 28 heavy (non-hydrogen) atoms. The van der Waals surface area contributed by atoms with Gasteiger partial charge >= 0.3 is 0 Å². The predicted molar refractivity (Wildman–Crippen MR) is 102 cm³/mol. The summed E-state index contributed by atoms with van der Waals surface area (Å²) in [6.07, 6.45) is 3.84. The first-order valence-electron chi connectivity index (χ1n) is 9.90. The fourth-order valence-corrected chi connectivity index (χ4v) is 4.33. The van der Waals surface area contributed by atoms with Crippen molar-refractivity contribution in [2.24, 2.45) is 5.92 Å². The van der Waals surface area contributed by atoms with Gasteiger partial charge in [-0.15, -0.1) is 0 Å². The monoisotopic (exact) mass is 390 g/mol. The van der Waals surface area contributed by atoms with Crippen LogP contribution in [0.5, 0.6) is 5.75 Å². The molecule has 0 bridgehead atoms. The van der Waals surface area contributed by atoms with Gasteiger partial charge in [0.1, 0.15) is 18.4 Å². The van der Waals surface area contributed by atoms with Gasteiger partial charge < -0.3 is 14.8 Å². The molecule has 152 valence electrons. The number of ether oxygens (including phenoxy) is 2. The summed E-state index contributed by atoms with van der Waals surface area (Å²) in [5.74, 6) is 0.387. The van der Waals surface area contributed by atoms with Gasteiger partial charge in [-0.05, 0) is 31.4 Å². The Kier molecular flexibility index (Phi) is 5.74. The Morgan fingerprint density at radius 1 is 1.32 bits per heavy atom. The second-order valence-corrected chi connectivity index (χ2v) is 7.75. The molecule has 9 nitrogen and oxygen atoms in total. The van der Waals surface area contributed by atoms with E-state index in [-0.39, 0.29) is 28.9 Å². The highest BCUT2D eigenvalue weighted by atomic mass is 16.6. The van der Waals surface area contributed by atoms with Gasteiger partial charge in [0.05, 0.1) is 6.10 Å². The molecule has 0 spiro atoms. The average molecular weight is 390 g/mol. The van der Waals surface area contributed by atoms with E-state index in [1.165, 1.54) is 0 Å². The molecule has 1 amide bonds. The van der Waals surface area contributed by atoms with E-state index in [1.807, 2.05) is 12.1 Å². The van der Waals surface area contributed by atoms with Crippen molar-refractivity contribution in [3.05, 3.63) is 34.4 Å². The highest BCUT2D eigenvalue weighted by molar-refractivity contribution is 5.95. The van der Waals surface area contributed by atoms with Crippen molar-refractivity contribution >= 4 is 11.6 Å². The summed E-state index contributed by atoms with van der Waals surface area (Å²) in [6, 6.07) is 6.28. The molecule has 1 aromatic carbocycles. The smallest absolute Gasteiger partial charge is 0.243 e. The number of hydrogen-bond acceptors (Lipinski definition) is 7. The van der Waals surface area contributed by atoms with Crippen molar-refractivity contribution in [1.29, 1.82) is 0 Å². The number of hydrogen-bond donors (Lipinski definition) is 3. The van der Waals surface area contributed by atoms with Crippen LogP contribution in [-0.4, -0.2) is 48.3 Å². The van der Waals surface area contributed by atoms with Gasteiger partial charge in [0, 0.05) is 48.1 Å². The lowest BCUT2D eigenvalue weighted by molar-refractivity contribution is -0.528. The molecule has 9 heteroatoms. The number of nitro groups is 1. The minimum Gasteiger partial charge on any atom is -0.491 e. The van der Waals surface area contributed by atoms with E-state index in [4.69, 9.17) is 9.47 Å². The molecule has 5 atom stereocenters. The molecule has 1 saturated carbocycles. The topological polar surface area (TPSA) is 115 Å². The molecular formula is C19H26N4O5. The third kappa shape index (κ3) is 4.26. The zero-order chi connectivity index (χ0) is 19.5. The Balaban J connectivity index is 1.35. The Labute approximate surface area is 163 Å². The zero-order valence-electron chi connectivity index (χ0n) is 15.6. The Bertz CT molecular complexity index is 724. The molecule has 2 saturated heterocycles. The average Bonchev–Trinajstić information content (AvgIpc) is 3.35. The van der Waals surface area contributed by atoms with Crippen LogP contribution in [-0.2, 0) is 9.53 Å². The number of hydrazine groups is 1. The van der Waals surface area contributed by atoms with Crippen LogP contribution in [0.15, 0.2) is 24.3 Å². The molecule has 2 aliphatic heterocycles. The second-order valence-electron chi connectivity index (χ2n) is 7.75. The second kappa shape index (κ2) is 8.42. The van der Waals surface area contributed by atoms with Crippen LogP contribution in [0.2, 0.25) is 0 Å². The number of benzene rings is 1. The first-order chi connectivity index (χ1) is 13.6. The van der Waals surface area contributed by atoms with Crippen molar-refractivity contribution in [2.45, 2.75) is 56.3 Å². The first-order valence-corrected chi connectivity index (χ1v) is 9.90. The SMILES string of the molecule is O=C(Nc1cccc(OCC2CCCO2)c1)C1NNC2CCC([N+](=O)[O-])CC21. The predicted octanol–water partition coefficient (Wildman–Crippen LogP) is 1.47. The molecule has 4 rings (SSSR count). The number of fused-ring (bicyclic) bond motifs is 1. The Hall–Kier alpha value is -2.23. The van der Waals surface area contributed by atoms with Crippen LogP contribution in [0.25, 0.3) is 0 Å². The van der Waals surface area contributed by atoms with Crippen LogP contribution in [0.1, 0.15) is 32.1 Å². The largest absolute Gasteiger partial charge is 0.491 e. The fraction of sp³-hybridized carbons (Fsp3) is 0.632. The van der Waals surface area contributed by atoms with Crippen LogP contribution >= 0.6 is 0 Å². The maximum Gasteiger partial charge on any atom is 0.243 e. The fourth-order valence-electron chi connectivity index (χ4n) is 4.33. The summed E-state index contributed by atoms with van der Waals surface area (Å²) in [5.41, 5.74) is 6.79. The number of anilines is 1. The van der Waals surface area contributed by atoms with Gasteiger partial charge in [-0.2, -0.15) is 0 Å². The molecule has 5 unspecified atom stereocenters. The van der Waals surface area contributed by atoms with E-state index in [1.54, 1.807) is 12.1 Å². The van der Waals surface area contributed by atoms with E-state index >= 15 is 0 Å². The van der Waals surface area contributed by atoms with E-state index in [0.29, 0.717) is 37.3 Å². The van der Waals surface area contributed by atoms with Crippen LogP contribution < -0.4 is 20.9 Å². The lowest BCUT2D eigenvalue weighted by atomic mass is 9.79. The molecule has 1 aliphatic carbocycles. The number of carbonyl (C=O) groups excluding carboxylic acids is 1. The van der Waals surface area contributed by atoms with Gasteiger partial charge in [-0.1, -0.05) is 6.07 Å². The molecule has 0 aromatic heterocycles. The zero-order valence-corrected chi connectivity index (χ0v) is 15.6. The highest BCUT2D eigenvalue weighted by Gasteiger charge is 2.46. The van der Waals surface area contributed by atoms with Crippen LogP contribution in [0.3, 0.4) is 0 Å². The third-order valence-electron chi connectivity index (χ3n) is 5.87. The van der Waals surface area contributed by atoms with E-state index in [2.05, 4.69) is 16.2 Å². The summed E-state index contributed by atoms with van der Waals surface area (Å²) in [6.45, 7) is 1.28. The molecule has 0 radical (unpaired) electrons. The lowest BCUT2D eigenvalue weighted by Gasteiger charge is -2.28. The summed E-state index contributed by atoms with van der Waals surface area (Å²) in [4.78, 5) is 23.7. The van der Waals surface area contributed by atoms with Gasteiger partial charge in [-0.25, -0.2) is 5.43 Å². The number of rotatable bonds is 6. The number of carbonyl (C=O) groups is 1. The van der Waals surface area contributed by atoms with Crippen molar-refractivity contribution in [3.63, 3.8) is 0 Å². The molecular weight excluding hydrogens is 364 g/mol. The van der Waals surface area contributed by atoms with Crippen molar-refractivity contribution in [2.75, 3.05) is 18.5 Å². The first kappa shape index (κ1) is 19.1. The van der Waals surface area contributed by atoms with Crippen molar-refractivity contribution < 1.29 is 19.2 Å². The summed E-state index contributed by atoms with van der Waals surface area (Å²) in [7, 11) is 0. The van der Waals surface area contributed by atoms with Gasteiger partial charge in [0.25, 0.3) is 0 Å². The number of nitrogens with one attached hydrogen (secondary N) is 3. The summed E-state index contributed by atoms with van der Waals surface area (Å²) < 4.78 is 11.3. The minimum absolute atomic E-state index is 0.0908. The molecule has 3 aliphatic rings. The molecule has 1 aromatic rings. The third-order valence-corrected chi connectivity index (χ3v) is 5.87. The summed E-state index contributed by atoms with van der Waals surface area (Å²) in [5, 5.41) is 14.1. The number of amides is 1.